The Morgan fingerprint density at radius 1 is 1.26 bits per heavy atom. The van der Waals surface area contributed by atoms with Crippen molar-refractivity contribution < 1.29 is 9.59 Å². The maximum Gasteiger partial charge on any atom is 0.319 e. The molecule has 104 valence electrons. The number of benzene rings is 1. The molecule has 0 radical (unpaired) electrons. The Labute approximate surface area is 121 Å². The number of nitrogens with two attached hydrogens (primary N) is 1. The molecule has 0 saturated carbocycles. The second-order valence-electron chi connectivity index (χ2n) is 4.69. The number of halogens is 1. The maximum atomic E-state index is 11.8. The summed E-state index contributed by atoms with van der Waals surface area (Å²) in [4.78, 5) is 23.0. The van der Waals surface area contributed by atoms with Crippen LogP contribution in [-0.2, 0) is 4.79 Å². The molecule has 4 N–H and O–H groups in total. The van der Waals surface area contributed by atoms with Gasteiger partial charge in [0.15, 0.2) is 0 Å². The van der Waals surface area contributed by atoms with Crippen LogP contribution < -0.4 is 16.4 Å². The molecule has 6 heteroatoms. The summed E-state index contributed by atoms with van der Waals surface area (Å²) in [7, 11) is 0. The summed E-state index contributed by atoms with van der Waals surface area (Å²) < 4.78 is 0.924. The molecule has 5 nitrogen and oxygen atoms in total. The third-order valence-corrected chi connectivity index (χ3v) is 2.99. The van der Waals surface area contributed by atoms with Crippen molar-refractivity contribution in [2.45, 2.75) is 26.3 Å². The Hall–Kier alpha value is -1.56. The lowest BCUT2D eigenvalue weighted by Gasteiger charge is -2.17. The predicted molar refractivity (Wildman–Crippen MR) is 78.7 cm³/mol. The number of primary amides is 1. The number of carbonyl (C=O) groups excluding carboxylic acids is 2. The summed E-state index contributed by atoms with van der Waals surface area (Å²) in [5, 5.41) is 5.22. The molecular weight excluding hydrogens is 310 g/mol. The van der Waals surface area contributed by atoms with Gasteiger partial charge in [-0.1, -0.05) is 29.8 Å². The highest BCUT2D eigenvalue weighted by atomic mass is 79.9. The Balaban J connectivity index is 2.57. The Bertz CT molecular complexity index is 446. The minimum Gasteiger partial charge on any atom is -0.368 e. The zero-order chi connectivity index (χ0) is 14.4. The molecule has 1 atom stereocenters. The fourth-order valence-corrected chi connectivity index (χ4v) is 1.84. The predicted octanol–water partition coefficient (Wildman–Crippen LogP) is 2.47. The number of nitrogens with one attached hydrogen (secondary N) is 2. The third kappa shape index (κ3) is 5.74. The number of hydrogen-bond donors (Lipinski definition) is 3. The molecule has 0 fully saturated rings. The van der Waals surface area contributed by atoms with E-state index < -0.39 is 18.0 Å². The lowest BCUT2D eigenvalue weighted by molar-refractivity contribution is -0.120. The smallest absolute Gasteiger partial charge is 0.319 e. The lowest BCUT2D eigenvalue weighted by atomic mass is 10.0. The van der Waals surface area contributed by atoms with Gasteiger partial charge in [0, 0.05) is 10.2 Å². The molecule has 0 heterocycles. The summed E-state index contributed by atoms with van der Waals surface area (Å²) >= 11 is 3.31. The van der Waals surface area contributed by atoms with Crippen molar-refractivity contribution in [1.82, 2.24) is 5.32 Å². The second kappa shape index (κ2) is 7.13. The molecule has 0 saturated heterocycles. The monoisotopic (exact) mass is 327 g/mol. The summed E-state index contributed by atoms with van der Waals surface area (Å²) in [6.07, 6.45) is 0.517. The largest absolute Gasteiger partial charge is 0.368 e. The molecule has 1 aromatic rings. The van der Waals surface area contributed by atoms with Crippen molar-refractivity contribution in [3.8, 4) is 0 Å². The molecule has 1 unspecified atom stereocenters. The van der Waals surface area contributed by atoms with Crippen LogP contribution in [0.15, 0.2) is 28.7 Å². The van der Waals surface area contributed by atoms with E-state index in [1.165, 1.54) is 0 Å². The van der Waals surface area contributed by atoms with Crippen molar-refractivity contribution >= 4 is 33.6 Å². The summed E-state index contributed by atoms with van der Waals surface area (Å²) in [5.74, 6) is -0.259. The number of rotatable bonds is 5. The van der Waals surface area contributed by atoms with Gasteiger partial charge in [0.25, 0.3) is 0 Å². The van der Waals surface area contributed by atoms with Gasteiger partial charge >= 0.3 is 6.03 Å². The van der Waals surface area contributed by atoms with Crippen LogP contribution in [0.5, 0.6) is 0 Å². The van der Waals surface area contributed by atoms with E-state index in [0.717, 1.165) is 4.47 Å². The van der Waals surface area contributed by atoms with Gasteiger partial charge in [0.1, 0.15) is 6.04 Å². The van der Waals surface area contributed by atoms with Crippen LogP contribution in [0.25, 0.3) is 0 Å². The van der Waals surface area contributed by atoms with E-state index in [-0.39, 0.29) is 5.92 Å². The van der Waals surface area contributed by atoms with E-state index >= 15 is 0 Å². The van der Waals surface area contributed by atoms with Gasteiger partial charge in [-0.25, -0.2) is 4.79 Å². The molecule has 1 aromatic carbocycles. The first-order chi connectivity index (χ1) is 8.88. The normalized spacial score (nSPS) is 12.0. The van der Waals surface area contributed by atoms with Crippen molar-refractivity contribution in [1.29, 1.82) is 0 Å². The van der Waals surface area contributed by atoms with Crippen LogP contribution in [-0.4, -0.2) is 18.0 Å². The van der Waals surface area contributed by atoms with Gasteiger partial charge in [-0.15, -0.1) is 0 Å². The van der Waals surface area contributed by atoms with Crippen LogP contribution in [0.1, 0.15) is 20.3 Å². The van der Waals surface area contributed by atoms with Crippen LogP contribution in [0.4, 0.5) is 10.5 Å². The van der Waals surface area contributed by atoms with E-state index in [0.29, 0.717) is 12.1 Å². The molecular formula is C13H18BrN3O2. The molecule has 0 spiro atoms. The number of carbonyl (C=O) groups is 2. The number of anilines is 1. The van der Waals surface area contributed by atoms with Crippen molar-refractivity contribution in [2.24, 2.45) is 11.7 Å². The quantitative estimate of drug-likeness (QED) is 0.776. The first-order valence-corrected chi connectivity index (χ1v) is 6.80. The van der Waals surface area contributed by atoms with E-state index in [9.17, 15) is 9.59 Å². The zero-order valence-electron chi connectivity index (χ0n) is 10.9. The van der Waals surface area contributed by atoms with E-state index in [1.807, 2.05) is 26.0 Å². The Morgan fingerprint density at radius 3 is 2.32 bits per heavy atom. The van der Waals surface area contributed by atoms with Crippen molar-refractivity contribution in [3.63, 3.8) is 0 Å². The lowest BCUT2D eigenvalue weighted by Crippen LogP contribution is -2.46. The second-order valence-corrected chi connectivity index (χ2v) is 5.61. The first kappa shape index (κ1) is 15.5. The molecule has 0 aliphatic rings. The molecule has 0 aliphatic heterocycles. The van der Waals surface area contributed by atoms with E-state index in [1.54, 1.807) is 12.1 Å². The fourth-order valence-electron chi connectivity index (χ4n) is 1.58. The number of hydrogen-bond acceptors (Lipinski definition) is 2. The minimum atomic E-state index is -0.657. The molecule has 3 amide bonds. The van der Waals surface area contributed by atoms with Gasteiger partial charge in [0.05, 0.1) is 0 Å². The highest BCUT2D eigenvalue weighted by molar-refractivity contribution is 9.10. The molecule has 19 heavy (non-hydrogen) atoms. The minimum absolute atomic E-state index is 0.269. The van der Waals surface area contributed by atoms with E-state index in [2.05, 4.69) is 26.6 Å². The van der Waals surface area contributed by atoms with Gasteiger partial charge < -0.3 is 16.4 Å². The maximum absolute atomic E-state index is 11.8. The molecule has 0 bridgehead atoms. The van der Waals surface area contributed by atoms with E-state index in [4.69, 9.17) is 5.73 Å². The molecule has 0 aromatic heterocycles. The molecule has 1 rings (SSSR count). The average molecular weight is 328 g/mol. The fraction of sp³-hybridized carbons (Fsp3) is 0.385. The first-order valence-electron chi connectivity index (χ1n) is 6.01. The Kier molecular flexibility index (Phi) is 5.82. The van der Waals surface area contributed by atoms with Crippen molar-refractivity contribution in [3.05, 3.63) is 28.7 Å². The number of urea groups is 1. The Morgan fingerprint density at radius 2 is 1.84 bits per heavy atom. The SMILES string of the molecule is CC(C)CC(NC(=O)Nc1ccc(Br)cc1)C(N)=O. The summed E-state index contributed by atoms with van der Waals surface area (Å²) in [6, 6.07) is 6.05. The van der Waals surface area contributed by atoms with Gasteiger partial charge in [-0.2, -0.15) is 0 Å². The summed E-state index contributed by atoms with van der Waals surface area (Å²) in [6.45, 7) is 3.93. The third-order valence-electron chi connectivity index (χ3n) is 2.46. The van der Waals surface area contributed by atoms with Crippen LogP contribution >= 0.6 is 15.9 Å². The topological polar surface area (TPSA) is 84.2 Å². The van der Waals surface area contributed by atoms with Crippen LogP contribution in [0.3, 0.4) is 0 Å². The highest BCUT2D eigenvalue weighted by Crippen LogP contribution is 2.14. The highest BCUT2D eigenvalue weighted by Gasteiger charge is 2.19. The summed E-state index contributed by atoms with van der Waals surface area (Å²) in [5.41, 5.74) is 5.91. The van der Waals surface area contributed by atoms with Crippen LogP contribution in [0, 0.1) is 5.92 Å². The standard InChI is InChI=1S/C13H18BrN3O2/c1-8(2)7-11(12(15)18)17-13(19)16-10-5-3-9(14)4-6-10/h3-6,8,11H,7H2,1-2H3,(H2,15,18)(H2,16,17,19). The van der Waals surface area contributed by atoms with Gasteiger partial charge in [0.2, 0.25) is 5.91 Å². The average Bonchev–Trinajstić information content (AvgIpc) is 2.30. The van der Waals surface area contributed by atoms with Crippen LogP contribution in [0.2, 0.25) is 0 Å². The van der Waals surface area contributed by atoms with Gasteiger partial charge in [-0.05, 0) is 36.6 Å². The van der Waals surface area contributed by atoms with Gasteiger partial charge in [-0.3, -0.25) is 4.79 Å². The zero-order valence-corrected chi connectivity index (χ0v) is 12.5. The van der Waals surface area contributed by atoms with Crippen molar-refractivity contribution in [2.75, 3.05) is 5.32 Å². The number of amides is 3. The molecule has 0 aliphatic carbocycles.